The van der Waals surface area contributed by atoms with Gasteiger partial charge in [0.15, 0.2) is 0 Å². The van der Waals surface area contributed by atoms with Gasteiger partial charge in [0.2, 0.25) is 10.0 Å². The van der Waals surface area contributed by atoms with Gasteiger partial charge < -0.3 is 10.4 Å². The van der Waals surface area contributed by atoms with Crippen molar-refractivity contribution in [1.82, 2.24) is 4.72 Å². The normalized spacial score (nSPS) is 12.7. The Morgan fingerprint density at radius 1 is 1.15 bits per heavy atom. The van der Waals surface area contributed by atoms with Crippen LogP contribution in [-0.4, -0.2) is 32.1 Å². The molecule has 0 saturated heterocycles. The molecule has 0 aliphatic heterocycles. The molecule has 0 aromatic heterocycles. The fourth-order valence-electron chi connectivity index (χ4n) is 2.30. The number of rotatable bonds is 6. The molecule has 0 radical (unpaired) electrons. The lowest BCUT2D eigenvalue weighted by molar-refractivity contribution is 0.102. The van der Waals surface area contributed by atoms with Crippen molar-refractivity contribution in [3.8, 4) is 0 Å². The Labute approximate surface area is 152 Å². The predicted octanol–water partition coefficient (Wildman–Crippen LogP) is 2.35. The number of halogens is 1. The smallest absolute Gasteiger partial charge is 0.255 e. The summed E-state index contributed by atoms with van der Waals surface area (Å²) in [5, 5.41) is 11.7. The Kier molecular flexibility index (Phi) is 6.12. The molecule has 0 aliphatic rings. The maximum atomic E-state index is 13.3. The molecule has 0 aliphatic carbocycles. The lowest BCUT2D eigenvalue weighted by atomic mass is 10.1. The average molecular weight is 380 g/mol. The number of amides is 1. The quantitative estimate of drug-likeness (QED) is 0.717. The first-order valence-electron chi connectivity index (χ1n) is 7.95. The third-order valence-corrected chi connectivity index (χ3v) is 5.40. The van der Waals surface area contributed by atoms with E-state index in [9.17, 15) is 17.6 Å². The summed E-state index contributed by atoms with van der Waals surface area (Å²) in [6.07, 6.45) is 0. The first-order chi connectivity index (χ1) is 12.1. The van der Waals surface area contributed by atoms with E-state index in [1.165, 1.54) is 43.3 Å². The Hall–Kier alpha value is -2.29. The molecule has 8 heteroatoms. The molecule has 3 N–H and O–H groups in total. The van der Waals surface area contributed by atoms with Gasteiger partial charge in [0, 0.05) is 17.3 Å². The van der Waals surface area contributed by atoms with Crippen LogP contribution >= 0.6 is 0 Å². The molecule has 0 saturated carbocycles. The molecule has 0 heterocycles. The number of aliphatic hydroxyl groups excluding tert-OH is 1. The highest BCUT2D eigenvalue weighted by Crippen LogP contribution is 2.19. The summed E-state index contributed by atoms with van der Waals surface area (Å²) in [5.74, 6) is -0.878. The minimum atomic E-state index is -3.87. The van der Waals surface area contributed by atoms with E-state index < -0.39 is 22.0 Å². The van der Waals surface area contributed by atoms with E-state index in [0.29, 0.717) is 16.8 Å². The van der Waals surface area contributed by atoms with Crippen LogP contribution in [-0.2, 0) is 10.0 Å². The lowest BCUT2D eigenvalue weighted by Gasteiger charge is -2.14. The number of carbonyl (C=O) groups is 1. The van der Waals surface area contributed by atoms with Crippen LogP contribution in [0.1, 0.15) is 28.4 Å². The first kappa shape index (κ1) is 20.0. The number of aryl methyl sites for hydroxylation is 2. The van der Waals surface area contributed by atoms with Crippen LogP contribution in [0.4, 0.5) is 10.1 Å². The topological polar surface area (TPSA) is 95.5 Å². The van der Waals surface area contributed by atoms with Gasteiger partial charge in [0.1, 0.15) is 5.82 Å². The Balaban J connectivity index is 2.31. The maximum Gasteiger partial charge on any atom is 0.255 e. The second-order valence-electron chi connectivity index (χ2n) is 6.10. The molecule has 1 amide bonds. The zero-order valence-electron chi connectivity index (χ0n) is 14.7. The number of aliphatic hydroxyl groups is 1. The number of hydrogen-bond acceptors (Lipinski definition) is 4. The second-order valence-corrected chi connectivity index (χ2v) is 7.81. The number of nitrogens with one attached hydrogen (secondary N) is 2. The van der Waals surface area contributed by atoms with E-state index in [1.54, 1.807) is 13.8 Å². The molecule has 26 heavy (non-hydrogen) atoms. The van der Waals surface area contributed by atoms with Gasteiger partial charge in [-0.25, -0.2) is 17.5 Å². The van der Waals surface area contributed by atoms with Crippen molar-refractivity contribution >= 4 is 21.6 Å². The van der Waals surface area contributed by atoms with Crippen molar-refractivity contribution in [3.63, 3.8) is 0 Å². The molecule has 0 bridgehead atoms. The number of sulfonamides is 1. The van der Waals surface area contributed by atoms with Crippen molar-refractivity contribution < 1.29 is 22.7 Å². The van der Waals surface area contributed by atoms with Gasteiger partial charge in [-0.05, 0) is 62.2 Å². The Morgan fingerprint density at radius 3 is 2.46 bits per heavy atom. The summed E-state index contributed by atoms with van der Waals surface area (Å²) in [6, 6.07) is 7.71. The van der Waals surface area contributed by atoms with Crippen molar-refractivity contribution in [2.75, 3.05) is 11.9 Å². The highest BCUT2D eigenvalue weighted by atomic mass is 32.2. The summed E-state index contributed by atoms with van der Waals surface area (Å²) in [6.45, 7) is 4.45. The van der Waals surface area contributed by atoms with Crippen molar-refractivity contribution in [2.45, 2.75) is 31.7 Å². The Morgan fingerprint density at radius 2 is 1.85 bits per heavy atom. The second kappa shape index (κ2) is 7.94. The van der Waals surface area contributed by atoms with Gasteiger partial charge in [-0.1, -0.05) is 6.07 Å². The zero-order chi connectivity index (χ0) is 19.5. The third kappa shape index (κ3) is 4.66. The molecule has 2 aromatic carbocycles. The number of anilines is 1. The minimum Gasteiger partial charge on any atom is -0.395 e. The van der Waals surface area contributed by atoms with Gasteiger partial charge in [0.25, 0.3) is 5.91 Å². The summed E-state index contributed by atoms with van der Waals surface area (Å²) in [7, 11) is -3.87. The molecule has 1 atom stereocenters. The summed E-state index contributed by atoms with van der Waals surface area (Å²) < 4.78 is 40.3. The van der Waals surface area contributed by atoms with Crippen LogP contribution in [0, 0.1) is 19.7 Å². The van der Waals surface area contributed by atoms with Gasteiger partial charge in [0.05, 0.1) is 11.5 Å². The van der Waals surface area contributed by atoms with E-state index in [0.717, 1.165) is 0 Å². The van der Waals surface area contributed by atoms with E-state index in [1.807, 2.05) is 0 Å². The number of hydrogen-bond donors (Lipinski definition) is 3. The highest BCUT2D eigenvalue weighted by molar-refractivity contribution is 7.89. The SMILES string of the molecule is Cc1cc(NC(=O)c2cc(S(=O)(=O)N[C@H](C)CO)ccc2C)ccc1F. The molecular formula is C18H21FN2O4S. The fourth-order valence-corrected chi connectivity index (χ4v) is 3.56. The van der Waals surface area contributed by atoms with Gasteiger partial charge >= 0.3 is 0 Å². The minimum absolute atomic E-state index is 0.0798. The monoisotopic (exact) mass is 380 g/mol. The van der Waals surface area contributed by atoms with E-state index >= 15 is 0 Å². The summed E-state index contributed by atoms with van der Waals surface area (Å²) in [4.78, 5) is 12.4. The van der Waals surface area contributed by atoms with Gasteiger partial charge in [-0.3, -0.25) is 4.79 Å². The van der Waals surface area contributed by atoms with Gasteiger partial charge in [-0.15, -0.1) is 0 Å². The van der Waals surface area contributed by atoms with Crippen LogP contribution in [0.3, 0.4) is 0 Å². The van der Waals surface area contributed by atoms with Crippen molar-refractivity contribution in [1.29, 1.82) is 0 Å². The zero-order valence-corrected chi connectivity index (χ0v) is 15.5. The van der Waals surface area contributed by atoms with Gasteiger partial charge in [-0.2, -0.15) is 0 Å². The molecule has 0 spiro atoms. The molecular weight excluding hydrogens is 359 g/mol. The Bertz CT molecular complexity index is 929. The molecule has 6 nitrogen and oxygen atoms in total. The predicted molar refractivity (Wildman–Crippen MR) is 97.1 cm³/mol. The van der Waals surface area contributed by atoms with Crippen molar-refractivity contribution in [3.05, 3.63) is 58.9 Å². The van der Waals surface area contributed by atoms with Crippen LogP contribution < -0.4 is 10.0 Å². The molecule has 2 rings (SSSR count). The van der Waals surface area contributed by atoms with Crippen molar-refractivity contribution in [2.24, 2.45) is 0 Å². The summed E-state index contributed by atoms with van der Waals surface area (Å²) in [5.41, 5.74) is 1.58. The lowest BCUT2D eigenvalue weighted by Crippen LogP contribution is -2.35. The fraction of sp³-hybridized carbons (Fsp3) is 0.278. The average Bonchev–Trinajstić information content (AvgIpc) is 2.57. The molecule has 0 unspecified atom stereocenters. The van der Waals surface area contributed by atoms with E-state index in [2.05, 4.69) is 10.0 Å². The number of carbonyl (C=O) groups excluding carboxylic acids is 1. The first-order valence-corrected chi connectivity index (χ1v) is 9.43. The summed E-state index contributed by atoms with van der Waals surface area (Å²) >= 11 is 0. The van der Waals surface area contributed by atoms with E-state index in [-0.39, 0.29) is 22.9 Å². The molecule has 0 fully saturated rings. The van der Waals surface area contributed by atoms with Crippen LogP contribution in [0.5, 0.6) is 0 Å². The molecule has 140 valence electrons. The van der Waals surface area contributed by atoms with Crippen LogP contribution in [0.25, 0.3) is 0 Å². The largest absolute Gasteiger partial charge is 0.395 e. The number of benzene rings is 2. The third-order valence-electron chi connectivity index (χ3n) is 3.81. The van der Waals surface area contributed by atoms with Crippen LogP contribution in [0.2, 0.25) is 0 Å². The van der Waals surface area contributed by atoms with Crippen LogP contribution in [0.15, 0.2) is 41.3 Å². The highest BCUT2D eigenvalue weighted by Gasteiger charge is 2.20. The van der Waals surface area contributed by atoms with E-state index in [4.69, 9.17) is 5.11 Å². The molecule has 2 aromatic rings. The standard InChI is InChI=1S/C18H21FN2O4S/c1-11-4-6-15(26(24,25)21-13(3)10-22)9-16(11)18(23)20-14-5-7-17(19)12(2)8-14/h4-9,13,21-22H,10H2,1-3H3,(H,20,23)/t13-/m1/s1. The maximum absolute atomic E-state index is 13.3.